The average molecular weight is 391 g/mol. The van der Waals surface area contributed by atoms with Crippen LogP contribution in [0.4, 0.5) is 0 Å². The van der Waals surface area contributed by atoms with Crippen LogP contribution in [-0.2, 0) is 11.3 Å². The molecule has 6 heteroatoms. The first kappa shape index (κ1) is 14.5. The van der Waals surface area contributed by atoms with Gasteiger partial charge in [-0.2, -0.15) is 4.98 Å². The van der Waals surface area contributed by atoms with Gasteiger partial charge in [0.15, 0.2) is 5.82 Å². The molecule has 1 aromatic heterocycles. The zero-order valence-electron chi connectivity index (χ0n) is 10.3. The van der Waals surface area contributed by atoms with Gasteiger partial charge in [0.1, 0.15) is 17.5 Å². The van der Waals surface area contributed by atoms with E-state index in [1.54, 1.807) is 6.07 Å². The molecule has 100 valence electrons. The molecule has 0 saturated heterocycles. The standard InChI is InChI=1S/C13H12ClIN2O2/c1-2-18-8-12-16-11(14)7-13(17-12)19-10-5-3-4-9(15)6-10/h3-7H,2,8H2,1H3. The first-order chi connectivity index (χ1) is 9.17. The third-order valence-corrected chi connectivity index (χ3v) is 3.04. The van der Waals surface area contributed by atoms with Crippen LogP contribution in [0.25, 0.3) is 0 Å². The molecule has 0 fully saturated rings. The van der Waals surface area contributed by atoms with Gasteiger partial charge in [0.2, 0.25) is 5.88 Å². The maximum atomic E-state index is 5.94. The van der Waals surface area contributed by atoms with Gasteiger partial charge in [0.25, 0.3) is 0 Å². The molecule has 0 spiro atoms. The van der Waals surface area contributed by atoms with Crippen molar-refractivity contribution in [3.8, 4) is 11.6 Å². The van der Waals surface area contributed by atoms with E-state index in [9.17, 15) is 0 Å². The lowest BCUT2D eigenvalue weighted by Gasteiger charge is -2.07. The van der Waals surface area contributed by atoms with E-state index in [1.165, 1.54) is 0 Å². The van der Waals surface area contributed by atoms with E-state index in [1.807, 2.05) is 31.2 Å². The Balaban J connectivity index is 2.17. The van der Waals surface area contributed by atoms with Crippen LogP contribution in [0, 0.1) is 3.57 Å². The first-order valence-electron chi connectivity index (χ1n) is 5.72. The van der Waals surface area contributed by atoms with Crippen molar-refractivity contribution in [2.75, 3.05) is 6.61 Å². The van der Waals surface area contributed by atoms with Gasteiger partial charge in [0, 0.05) is 16.2 Å². The topological polar surface area (TPSA) is 44.2 Å². The predicted molar refractivity (Wildman–Crippen MR) is 81.6 cm³/mol. The van der Waals surface area contributed by atoms with Crippen molar-refractivity contribution in [1.82, 2.24) is 9.97 Å². The summed E-state index contributed by atoms with van der Waals surface area (Å²) in [6, 6.07) is 9.26. The van der Waals surface area contributed by atoms with Crippen molar-refractivity contribution in [3.63, 3.8) is 0 Å². The van der Waals surface area contributed by atoms with Crippen LogP contribution in [0.2, 0.25) is 5.15 Å². The number of ether oxygens (including phenoxy) is 2. The number of rotatable bonds is 5. The molecule has 1 aromatic carbocycles. The highest BCUT2D eigenvalue weighted by Crippen LogP contribution is 2.23. The Hall–Kier alpha value is -0.920. The summed E-state index contributed by atoms with van der Waals surface area (Å²) in [6.07, 6.45) is 0. The molecule has 0 atom stereocenters. The third kappa shape index (κ3) is 4.59. The summed E-state index contributed by atoms with van der Waals surface area (Å²) in [5.41, 5.74) is 0. The molecule has 0 N–H and O–H groups in total. The van der Waals surface area contributed by atoms with E-state index in [4.69, 9.17) is 21.1 Å². The minimum Gasteiger partial charge on any atom is -0.439 e. The van der Waals surface area contributed by atoms with Crippen molar-refractivity contribution < 1.29 is 9.47 Å². The molecular weight excluding hydrogens is 379 g/mol. The number of hydrogen-bond acceptors (Lipinski definition) is 4. The molecular formula is C13H12ClIN2O2. The average Bonchev–Trinajstić information content (AvgIpc) is 2.35. The maximum absolute atomic E-state index is 5.94. The number of hydrogen-bond donors (Lipinski definition) is 0. The summed E-state index contributed by atoms with van der Waals surface area (Å²) in [6.45, 7) is 2.83. The molecule has 0 amide bonds. The van der Waals surface area contributed by atoms with E-state index >= 15 is 0 Å². The summed E-state index contributed by atoms with van der Waals surface area (Å²) in [5, 5.41) is 0.338. The Morgan fingerprint density at radius 1 is 1.26 bits per heavy atom. The van der Waals surface area contributed by atoms with Gasteiger partial charge in [0.05, 0.1) is 0 Å². The van der Waals surface area contributed by atoms with Crippen LogP contribution in [0.3, 0.4) is 0 Å². The molecule has 4 nitrogen and oxygen atoms in total. The SMILES string of the molecule is CCOCc1nc(Cl)cc(Oc2cccc(I)c2)n1. The smallest absolute Gasteiger partial charge is 0.224 e. The summed E-state index contributed by atoms with van der Waals surface area (Å²) in [7, 11) is 0. The minimum absolute atomic E-state index is 0.319. The van der Waals surface area contributed by atoms with Gasteiger partial charge in [-0.05, 0) is 47.7 Å². The fraction of sp³-hybridized carbons (Fsp3) is 0.231. The van der Waals surface area contributed by atoms with E-state index in [0.29, 0.717) is 35.8 Å². The Morgan fingerprint density at radius 2 is 2.11 bits per heavy atom. The number of benzene rings is 1. The molecule has 2 rings (SSSR count). The number of nitrogens with zero attached hydrogens (tertiary/aromatic N) is 2. The molecule has 0 aliphatic carbocycles. The van der Waals surface area contributed by atoms with E-state index in [0.717, 1.165) is 3.57 Å². The molecule has 0 bridgehead atoms. The van der Waals surface area contributed by atoms with Gasteiger partial charge in [-0.25, -0.2) is 4.98 Å². The van der Waals surface area contributed by atoms with Crippen molar-refractivity contribution in [2.45, 2.75) is 13.5 Å². The second-order valence-electron chi connectivity index (χ2n) is 3.64. The molecule has 2 aromatic rings. The lowest BCUT2D eigenvalue weighted by atomic mass is 10.3. The predicted octanol–water partition coefficient (Wildman–Crippen LogP) is 4.06. The monoisotopic (exact) mass is 390 g/mol. The first-order valence-corrected chi connectivity index (χ1v) is 7.17. The molecule has 0 aliphatic heterocycles. The second kappa shape index (κ2) is 7.02. The molecule has 0 unspecified atom stereocenters. The molecule has 19 heavy (non-hydrogen) atoms. The number of aromatic nitrogens is 2. The largest absolute Gasteiger partial charge is 0.439 e. The van der Waals surface area contributed by atoms with Gasteiger partial charge >= 0.3 is 0 Å². The third-order valence-electron chi connectivity index (χ3n) is 2.17. The lowest BCUT2D eigenvalue weighted by molar-refractivity contribution is 0.128. The van der Waals surface area contributed by atoms with Gasteiger partial charge in [-0.3, -0.25) is 0 Å². The second-order valence-corrected chi connectivity index (χ2v) is 5.27. The van der Waals surface area contributed by atoms with E-state index in [2.05, 4.69) is 32.6 Å². The molecule has 1 heterocycles. The van der Waals surface area contributed by atoms with Crippen molar-refractivity contribution in [3.05, 3.63) is 44.9 Å². The highest BCUT2D eigenvalue weighted by molar-refractivity contribution is 14.1. The van der Waals surface area contributed by atoms with Crippen LogP contribution >= 0.6 is 34.2 Å². The summed E-state index contributed by atoms with van der Waals surface area (Å²) in [4.78, 5) is 8.33. The van der Waals surface area contributed by atoms with Gasteiger partial charge in [-0.15, -0.1) is 0 Å². The normalized spacial score (nSPS) is 10.5. The van der Waals surface area contributed by atoms with Crippen LogP contribution in [0.5, 0.6) is 11.6 Å². The quantitative estimate of drug-likeness (QED) is 0.570. The highest BCUT2D eigenvalue weighted by atomic mass is 127. The summed E-state index contributed by atoms with van der Waals surface area (Å²) in [5.74, 6) is 1.63. The fourth-order valence-corrected chi connectivity index (χ4v) is 2.11. The van der Waals surface area contributed by atoms with Crippen molar-refractivity contribution in [2.24, 2.45) is 0 Å². The van der Waals surface area contributed by atoms with E-state index < -0.39 is 0 Å². The Kier molecular flexibility index (Phi) is 5.35. The lowest BCUT2D eigenvalue weighted by Crippen LogP contribution is -2.01. The fourth-order valence-electron chi connectivity index (χ4n) is 1.40. The molecule has 0 aliphatic rings. The van der Waals surface area contributed by atoms with Crippen LogP contribution < -0.4 is 4.74 Å². The number of halogens is 2. The maximum Gasteiger partial charge on any atom is 0.224 e. The van der Waals surface area contributed by atoms with Gasteiger partial charge in [-0.1, -0.05) is 17.7 Å². The van der Waals surface area contributed by atoms with Crippen molar-refractivity contribution in [1.29, 1.82) is 0 Å². The van der Waals surface area contributed by atoms with Crippen LogP contribution in [-0.4, -0.2) is 16.6 Å². The van der Waals surface area contributed by atoms with Crippen molar-refractivity contribution >= 4 is 34.2 Å². The zero-order valence-corrected chi connectivity index (χ0v) is 13.2. The van der Waals surface area contributed by atoms with Gasteiger partial charge < -0.3 is 9.47 Å². The molecule has 0 saturated carbocycles. The Labute approximate surface area is 130 Å². The van der Waals surface area contributed by atoms with Crippen LogP contribution in [0.1, 0.15) is 12.7 Å². The molecule has 0 radical (unpaired) electrons. The summed E-state index contributed by atoms with van der Waals surface area (Å²) < 4.78 is 12.0. The Morgan fingerprint density at radius 3 is 2.84 bits per heavy atom. The van der Waals surface area contributed by atoms with Crippen LogP contribution in [0.15, 0.2) is 30.3 Å². The highest BCUT2D eigenvalue weighted by Gasteiger charge is 2.06. The zero-order chi connectivity index (χ0) is 13.7. The summed E-state index contributed by atoms with van der Waals surface area (Å²) >= 11 is 8.16. The Bertz CT molecular complexity index is 566. The van der Waals surface area contributed by atoms with E-state index in [-0.39, 0.29) is 0 Å². The minimum atomic E-state index is 0.319.